The molecule has 0 spiro atoms. The van der Waals surface area contributed by atoms with Crippen molar-refractivity contribution in [3.05, 3.63) is 194 Å². The van der Waals surface area contributed by atoms with Gasteiger partial charge in [-0.25, -0.2) is 4.90 Å². The van der Waals surface area contributed by atoms with Crippen LogP contribution in [0, 0.1) is 6.92 Å². The van der Waals surface area contributed by atoms with Gasteiger partial charge in [0.2, 0.25) is 0 Å². The third-order valence-electron chi connectivity index (χ3n) is 12.9. The van der Waals surface area contributed by atoms with Gasteiger partial charge in [0.25, 0.3) is 23.6 Å². The van der Waals surface area contributed by atoms with Gasteiger partial charge in [-0.3, -0.25) is 24.1 Å². The van der Waals surface area contributed by atoms with Crippen LogP contribution < -0.4 is 4.90 Å². The van der Waals surface area contributed by atoms with E-state index in [0.29, 0.717) is 27.9 Å². The van der Waals surface area contributed by atoms with Crippen LogP contribution in [0.5, 0.6) is 0 Å². The van der Waals surface area contributed by atoms with E-state index in [1.807, 2.05) is 60.7 Å². The monoisotopic (exact) mass is 718 g/mol. The molecule has 0 radical (unpaired) electrons. The number of aryl methyl sites for hydroxylation is 1. The number of carbonyl (C=O) groups is 4. The van der Waals surface area contributed by atoms with Gasteiger partial charge in [0.05, 0.1) is 33.4 Å². The number of benzene rings is 6. The van der Waals surface area contributed by atoms with Crippen molar-refractivity contribution in [3.63, 3.8) is 0 Å². The summed E-state index contributed by atoms with van der Waals surface area (Å²) in [4.78, 5) is 57.3. The third-order valence-corrected chi connectivity index (χ3v) is 12.9. The molecule has 1 unspecified atom stereocenters. The summed E-state index contributed by atoms with van der Waals surface area (Å²) in [5.74, 6) is -1.42. The van der Waals surface area contributed by atoms with Crippen molar-refractivity contribution in [2.45, 2.75) is 50.4 Å². The molecule has 55 heavy (non-hydrogen) atoms. The van der Waals surface area contributed by atoms with Gasteiger partial charge in [0.15, 0.2) is 0 Å². The van der Waals surface area contributed by atoms with Crippen LogP contribution >= 0.6 is 0 Å². The highest BCUT2D eigenvalue weighted by Crippen LogP contribution is 2.57. The summed E-state index contributed by atoms with van der Waals surface area (Å²) in [6.07, 6.45) is 0.952. The molecule has 6 aromatic carbocycles. The molecule has 4 aliphatic rings. The number of nitrogens with zero attached hydrogens (tertiary/aromatic N) is 2. The van der Waals surface area contributed by atoms with Crippen LogP contribution in [-0.2, 0) is 16.2 Å². The fourth-order valence-corrected chi connectivity index (χ4v) is 10.3. The van der Waals surface area contributed by atoms with E-state index in [1.54, 1.807) is 12.1 Å². The molecule has 0 bridgehead atoms. The second-order valence-electron chi connectivity index (χ2n) is 16.5. The predicted molar refractivity (Wildman–Crippen MR) is 213 cm³/mol. The Balaban J connectivity index is 1.09. The van der Waals surface area contributed by atoms with Gasteiger partial charge in [-0.15, -0.1) is 0 Å². The van der Waals surface area contributed by atoms with Crippen LogP contribution in [-0.4, -0.2) is 35.6 Å². The number of anilines is 1. The Labute approximate surface area is 320 Å². The highest BCUT2D eigenvalue weighted by atomic mass is 16.2. The molecule has 0 fully saturated rings. The zero-order valence-corrected chi connectivity index (χ0v) is 31.4. The third kappa shape index (κ3) is 4.25. The smallest absolute Gasteiger partial charge is 0.266 e. The van der Waals surface area contributed by atoms with Crippen LogP contribution in [0.1, 0.15) is 113 Å². The van der Waals surface area contributed by atoms with Crippen LogP contribution in [0.3, 0.4) is 0 Å². The van der Waals surface area contributed by atoms with Crippen LogP contribution in [0.25, 0.3) is 11.1 Å². The maximum absolute atomic E-state index is 14.5. The van der Waals surface area contributed by atoms with Gasteiger partial charge in [0, 0.05) is 12.5 Å². The molecular weight excluding hydrogens is 681 g/mol. The first-order chi connectivity index (χ1) is 26.4. The van der Waals surface area contributed by atoms with E-state index in [4.69, 9.17) is 0 Å². The number of hydrogen-bond acceptors (Lipinski definition) is 4. The summed E-state index contributed by atoms with van der Waals surface area (Å²) in [5.41, 5.74) is 11.5. The molecule has 4 amide bonds. The first-order valence-electron chi connectivity index (χ1n) is 18.8. The molecular formula is C49H38N2O4. The molecule has 0 saturated carbocycles. The fourth-order valence-electron chi connectivity index (χ4n) is 10.3. The Hall–Kier alpha value is -6.40. The lowest BCUT2D eigenvalue weighted by atomic mass is 9.67. The topological polar surface area (TPSA) is 74.8 Å². The lowest BCUT2D eigenvalue weighted by Crippen LogP contribution is -2.30. The lowest BCUT2D eigenvalue weighted by Gasteiger charge is -2.34. The van der Waals surface area contributed by atoms with Gasteiger partial charge in [0.1, 0.15) is 0 Å². The minimum Gasteiger partial charge on any atom is -0.277 e. The van der Waals surface area contributed by atoms with Crippen LogP contribution in [0.4, 0.5) is 5.69 Å². The van der Waals surface area contributed by atoms with Crippen molar-refractivity contribution in [2.75, 3.05) is 11.9 Å². The van der Waals surface area contributed by atoms with Gasteiger partial charge in [-0.1, -0.05) is 117 Å². The quantitative estimate of drug-likeness (QED) is 0.170. The molecule has 2 aliphatic heterocycles. The Bertz CT molecular complexity index is 2700. The largest absolute Gasteiger partial charge is 0.277 e. The molecule has 6 aromatic rings. The van der Waals surface area contributed by atoms with Gasteiger partial charge >= 0.3 is 0 Å². The number of amides is 4. The van der Waals surface area contributed by atoms with Crippen molar-refractivity contribution >= 4 is 29.3 Å². The molecule has 0 N–H and O–H groups in total. The van der Waals surface area contributed by atoms with E-state index in [0.717, 1.165) is 50.3 Å². The predicted octanol–water partition coefficient (Wildman–Crippen LogP) is 9.37. The number of hydrogen-bond donors (Lipinski definition) is 0. The van der Waals surface area contributed by atoms with E-state index in [9.17, 15) is 19.2 Å². The minimum atomic E-state index is -0.945. The van der Waals surface area contributed by atoms with Crippen LogP contribution in [0.2, 0.25) is 0 Å². The Kier molecular flexibility index (Phi) is 6.68. The first-order valence-corrected chi connectivity index (χ1v) is 18.8. The summed E-state index contributed by atoms with van der Waals surface area (Å²) in [6, 6.07) is 42.1. The van der Waals surface area contributed by atoms with E-state index in [2.05, 4.69) is 82.3 Å². The second-order valence-corrected chi connectivity index (χ2v) is 16.5. The van der Waals surface area contributed by atoms with E-state index < -0.39 is 5.41 Å². The van der Waals surface area contributed by atoms with Gasteiger partial charge in [-0.05, 0) is 105 Å². The minimum absolute atomic E-state index is 0.0114. The Morgan fingerprint density at radius 1 is 0.473 bits per heavy atom. The highest BCUT2D eigenvalue weighted by Gasteiger charge is 2.49. The lowest BCUT2D eigenvalue weighted by molar-refractivity contribution is 0.0692. The van der Waals surface area contributed by atoms with Crippen molar-refractivity contribution in [2.24, 2.45) is 0 Å². The zero-order chi connectivity index (χ0) is 38.2. The average molecular weight is 719 g/mol. The number of rotatable bonds is 4. The summed E-state index contributed by atoms with van der Waals surface area (Å²) in [7, 11) is 1.50. The summed E-state index contributed by atoms with van der Waals surface area (Å²) in [6.45, 7) is 9.01. The molecule has 2 aliphatic carbocycles. The van der Waals surface area contributed by atoms with E-state index in [-0.39, 0.29) is 34.5 Å². The molecule has 6 nitrogen and oxygen atoms in total. The van der Waals surface area contributed by atoms with Crippen molar-refractivity contribution < 1.29 is 19.2 Å². The summed E-state index contributed by atoms with van der Waals surface area (Å²) >= 11 is 0. The second kappa shape index (κ2) is 11.1. The number of carbonyl (C=O) groups excluding carboxylic acids is 4. The fraction of sp³-hybridized carbons (Fsp3) is 0.184. The van der Waals surface area contributed by atoms with Gasteiger partial charge < -0.3 is 0 Å². The molecule has 1 atom stereocenters. The van der Waals surface area contributed by atoms with Crippen molar-refractivity contribution in [1.29, 1.82) is 0 Å². The van der Waals surface area contributed by atoms with E-state index in [1.165, 1.54) is 28.6 Å². The van der Waals surface area contributed by atoms with Crippen LogP contribution in [0.15, 0.2) is 127 Å². The highest BCUT2D eigenvalue weighted by molar-refractivity contribution is 6.34. The summed E-state index contributed by atoms with van der Waals surface area (Å²) in [5, 5.41) is 0. The summed E-state index contributed by atoms with van der Waals surface area (Å²) < 4.78 is 0. The molecule has 0 aromatic heterocycles. The SMILES string of the molecule is Cc1ccc2c(c1)C(C)(c1ccc(N3C(=O)c4ccc(C5(c6ccc7c(c6)C(=O)N(C)C7=O)c6ccccc6-c6ccccc65)cc4C3=O)cc1)CC2(C)C. The van der Waals surface area contributed by atoms with Crippen molar-refractivity contribution in [1.82, 2.24) is 4.90 Å². The van der Waals surface area contributed by atoms with E-state index >= 15 is 0 Å². The maximum atomic E-state index is 14.5. The first kappa shape index (κ1) is 33.2. The molecule has 6 heteroatoms. The Morgan fingerprint density at radius 3 is 1.60 bits per heavy atom. The number of imide groups is 2. The van der Waals surface area contributed by atoms with Gasteiger partial charge in [-0.2, -0.15) is 0 Å². The zero-order valence-electron chi connectivity index (χ0n) is 31.4. The standard InChI is InChI=1S/C49H38N2O4/c1-28-14-23-41-42(24-28)48(4,27-47(41,2)3)29-15-19-32(20-16-29)51-45(54)36-22-18-31(26-38(36)46(51)55)49(30-17-21-35-37(25-30)44(53)50(5)43(35)52)39-12-8-6-10-33(39)34-11-7-9-13-40(34)49/h6-26H,27H2,1-5H3. The average Bonchev–Trinajstić information content (AvgIpc) is 3.79. The molecule has 268 valence electrons. The molecule has 10 rings (SSSR count). The maximum Gasteiger partial charge on any atom is 0.266 e. The molecule has 0 saturated heterocycles. The molecule has 2 heterocycles. The normalized spacial score (nSPS) is 19.7. The Morgan fingerprint density at radius 2 is 0.982 bits per heavy atom. The number of fused-ring (bicyclic) bond motifs is 6. The van der Waals surface area contributed by atoms with Crippen molar-refractivity contribution in [3.8, 4) is 11.1 Å².